The smallest absolute Gasteiger partial charge is 0.191 e. The summed E-state index contributed by atoms with van der Waals surface area (Å²) in [5.74, 6) is 3.20. The third kappa shape index (κ3) is 3.81. The molecule has 1 saturated carbocycles. The van der Waals surface area contributed by atoms with Crippen LogP contribution in [0.15, 0.2) is 5.16 Å². The van der Waals surface area contributed by atoms with Gasteiger partial charge in [-0.1, -0.05) is 37.9 Å². The van der Waals surface area contributed by atoms with E-state index in [1.807, 2.05) is 11.8 Å². The van der Waals surface area contributed by atoms with Gasteiger partial charge in [-0.15, -0.1) is 10.2 Å². The van der Waals surface area contributed by atoms with Crippen molar-refractivity contribution in [1.82, 2.24) is 20.1 Å². The Bertz CT molecular complexity index is 439. The zero-order valence-corrected chi connectivity index (χ0v) is 14.0. The Morgan fingerprint density at radius 3 is 2.86 bits per heavy atom. The quantitative estimate of drug-likeness (QED) is 0.819. The Balaban J connectivity index is 1.61. The summed E-state index contributed by atoms with van der Waals surface area (Å²) in [6.07, 6.45) is 10.6. The molecule has 2 heterocycles. The topological polar surface area (TPSA) is 42.7 Å². The highest BCUT2D eigenvalue weighted by molar-refractivity contribution is 7.99. The third-order valence-electron chi connectivity index (χ3n) is 4.90. The summed E-state index contributed by atoms with van der Waals surface area (Å²) >= 11 is 1.91. The van der Waals surface area contributed by atoms with E-state index in [0.29, 0.717) is 6.04 Å². The number of nitrogens with one attached hydrogen (secondary N) is 1. The van der Waals surface area contributed by atoms with Gasteiger partial charge in [-0.2, -0.15) is 0 Å². The van der Waals surface area contributed by atoms with Crippen LogP contribution in [0.25, 0.3) is 0 Å². The molecule has 1 N–H and O–H groups in total. The molecule has 1 unspecified atom stereocenters. The molecule has 1 aliphatic carbocycles. The Kier molecular flexibility index (Phi) is 5.58. The highest BCUT2D eigenvalue weighted by Gasteiger charge is 2.25. The SMILES string of the molecule is CCNC(CSc1nnc2n1CCCCC2)C1CCCC1. The molecule has 0 amide bonds. The number of nitrogens with zero attached hydrogens (tertiary/aromatic N) is 3. The van der Waals surface area contributed by atoms with E-state index in [0.717, 1.165) is 36.3 Å². The van der Waals surface area contributed by atoms with Crippen molar-refractivity contribution < 1.29 is 0 Å². The van der Waals surface area contributed by atoms with Gasteiger partial charge in [0.25, 0.3) is 0 Å². The van der Waals surface area contributed by atoms with E-state index in [4.69, 9.17) is 0 Å². The van der Waals surface area contributed by atoms with Crippen molar-refractivity contribution in [1.29, 1.82) is 0 Å². The predicted octanol–water partition coefficient (Wildman–Crippen LogP) is 3.26. The first kappa shape index (κ1) is 15.3. The monoisotopic (exact) mass is 308 g/mol. The van der Waals surface area contributed by atoms with Crippen LogP contribution in [-0.4, -0.2) is 33.1 Å². The lowest BCUT2D eigenvalue weighted by Crippen LogP contribution is -2.37. The second-order valence-electron chi connectivity index (χ2n) is 6.38. The Labute approximate surface area is 132 Å². The number of hydrogen-bond donors (Lipinski definition) is 1. The standard InChI is InChI=1S/C16H28N4S/c1-2-17-14(13-8-5-6-9-13)12-21-16-19-18-15-10-4-3-7-11-20(15)16/h13-14,17H,2-12H2,1H3. The van der Waals surface area contributed by atoms with Crippen LogP contribution in [0, 0.1) is 5.92 Å². The molecule has 5 heteroatoms. The number of rotatable bonds is 6. The van der Waals surface area contributed by atoms with Crippen molar-refractivity contribution in [2.45, 2.75) is 76.0 Å². The highest BCUT2D eigenvalue weighted by Crippen LogP contribution is 2.31. The molecule has 1 aromatic heterocycles. The van der Waals surface area contributed by atoms with Gasteiger partial charge in [-0.3, -0.25) is 0 Å². The molecule has 0 spiro atoms. The van der Waals surface area contributed by atoms with Crippen molar-refractivity contribution in [3.63, 3.8) is 0 Å². The maximum atomic E-state index is 4.45. The van der Waals surface area contributed by atoms with E-state index in [-0.39, 0.29) is 0 Å². The third-order valence-corrected chi connectivity index (χ3v) is 5.99. The van der Waals surface area contributed by atoms with Crippen LogP contribution < -0.4 is 5.32 Å². The molecule has 3 rings (SSSR count). The van der Waals surface area contributed by atoms with E-state index in [1.165, 1.54) is 50.8 Å². The summed E-state index contributed by atoms with van der Waals surface area (Å²) in [6, 6.07) is 0.640. The lowest BCUT2D eigenvalue weighted by molar-refractivity contribution is 0.394. The molecule has 1 aliphatic heterocycles. The van der Waals surface area contributed by atoms with Gasteiger partial charge in [0.1, 0.15) is 5.82 Å². The maximum absolute atomic E-state index is 4.45. The van der Waals surface area contributed by atoms with E-state index in [1.54, 1.807) is 0 Å². The fourth-order valence-electron chi connectivity index (χ4n) is 3.71. The molecule has 0 radical (unpaired) electrons. The van der Waals surface area contributed by atoms with E-state index < -0.39 is 0 Å². The minimum Gasteiger partial charge on any atom is -0.313 e. The first-order valence-corrected chi connectivity index (χ1v) is 9.65. The molecule has 1 atom stereocenters. The minimum atomic E-state index is 0.640. The number of fused-ring (bicyclic) bond motifs is 1. The van der Waals surface area contributed by atoms with Crippen LogP contribution >= 0.6 is 11.8 Å². The molecule has 0 aromatic carbocycles. The van der Waals surface area contributed by atoms with Crippen LogP contribution in [0.4, 0.5) is 0 Å². The average Bonchev–Trinajstić information content (AvgIpc) is 3.09. The summed E-state index contributed by atoms with van der Waals surface area (Å²) in [7, 11) is 0. The van der Waals surface area contributed by atoms with Crippen molar-refractivity contribution in [2.24, 2.45) is 5.92 Å². The zero-order valence-electron chi connectivity index (χ0n) is 13.2. The van der Waals surface area contributed by atoms with Crippen LogP contribution in [0.5, 0.6) is 0 Å². The lowest BCUT2D eigenvalue weighted by atomic mass is 10.00. The minimum absolute atomic E-state index is 0.640. The largest absolute Gasteiger partial charge is 0.313 e. The number of aromatic nitrogens is 3. The molecule has 1 aromatic rings. The second-order valence-corrected chi connectivity index (χ2v) is 7.37. The van der Waals surface area contributed by atoms with Crippen LogP contribution in [0.2, 0.25) is 0 Å². The molecular formula is C16H28N4S. The van der Waals surface area contributed by atoms with Crippen molar-refractivity contribution in [3.05, 3.63) is 5.82 Å². The van der Waals surface area contributed by atoms with Gasteiger partial charge < -0.3 is 9.88 Å². The fraction of sp³-hybridized carbons (Fsp3) is 0.875. The van der Waals surface area contributed by atoms with Gasteiger partial charge in [-0.05, 0) is 38.1 Å². The zero-order chi connectivity index (χ0) is 14.5. The average molecular weight is 308 g/mol. The molecular weight excluding hydrogens is 280 g/mol. The Morgan fingerprint density at radius 2 is 2.05 bits per heavy atom. The van der Waals surface area contributed by atoms with Crippen molar-refractivity contribution >= 4 is 11.8 Å². The fourth-order valence-corrected chi connectivity index (χ4v) is 4.88. The molecule has 0 saturated heterocycles. The highest BCUT2D eigenvalue weighted by atomic mass is 32.2. The predicted molar refractivity (Wildman–Crippen MR) is 87.7 cm³/mol. The van der Waals surface area contributed by atoms with Crippen LogP contribution in [0.3, 0.4) is 0 Å². The molecule has 1 fully saturated rings. The summed E-state index contributed by atoms with van der Waals surface area (Å²) in [5.41, 5.74) is 0. The summed E-state index contributed by atoms with van der Waals surface area (Å²) in [5, 5.41) is 13.7. The van der Waals surface area contributed by atoms with Gasteiger partial charge >= 0.3 is 0 Å². The first-order valence-electron chi connectivity index (χ1n) is 8.66. The van der Waals surface area contributed by atoms with E-state index >= 15 is 0 Å². The van der Waals surface area contributed by atoms with Gasteiger partial charge in [0.15, 0.2) is 5.16 Å². The maximum Gasteiger partial charge on any atom is 0.191 e. The van der Waals surface area contributed by atoms with Gasteiger partial charge in [-0.25, -0.2) is 0 Å². The number of aryl methyl sites for hydroxylation is 1. The van der Waals surface area contributed by atoms with E-state index in [9.17, 15) is 0 Å². The summed E-state index contributed by atoms with van der Waals surface area (Å²) in [6.45, 7) is 4.40. The summed E-state index contributed by atoms with van der Waals surface area (Å²) < 4.78 is 2.37. The lowest BCUT2D eigenvalue weighted by Gasteiger charge is -2.23. The number of thioether (sulfide) groups is 1. The Hall–Kier alpha value is -0.550. The molecule has 118 valence electrons. The van der Waals surface area contributed by atoms with Gasteiger partial charge in [0.05, 0.1) is 0 Å². The summed E-state index contributed by atoms with van der Waals surface area (Å²) in [4.78, 5) is 0. The van der Waals surface area contributed by atoms with Crippen molar-refractivity contribution in [2.75, 3.05) is 12.3 Å². The molecule has 4 nitrogen and oxygen atoms in total. The normalized spacial score (nSPS) is 21.2. The Morgan fingerprint density at radius 1 is 1.19 bits per heavy atom. The molecule has 21 heavy (non-hydrogen) atoms. The van der Waals surface area contributed by atoms with Crippen molar-refractivity contribution in [3.8, 4) is 0 Å². The van der Waals surface area contributed by atoms with Crippen LogP contribution in [0.1, 0.15) is 57.7 Å². The first-order chi connectivity index (χ1) is 10.4. The number of hydrogen-bond acceptors (Lipinski definition) is 4. The molecule has 0 bridgehead atoms. The van der Waals surface area contributed by atoms with Crippen LogP contribution in [-0.2, 0) is 13.0 Å². The van der Waals surface area contributed by atoms with Gasteiger partial charge in [0.2, 0.25) is 0 Å². The van der Waals surface area contributed by atoms with E-state index in [2.05, 4.69) is 27.0 Å². The molecule has 2 aliphatic rings. The van der Waals surface area contributed by atoms with Gasteiger partial charge in [0, 0.05) is 24.8 Å². The second kappa shape index (κ2) is 7.63.